The zero-order valence-corrected chi connectivity index (χ0v) is 20.9. The molecule has 2 saturated heterocycles. The van der Waals surface area contributed by atoms with Gasteiger partial charge >= 0.3 is 6.03 Å². The number of rotatable bonds is 5. The Morgan fingerprint density at radius 3 is 2.63 bits per heavy atom. The fourth-order valence-corrected chi connectivity index (χ4v) is 5.57. The molecule has 3 aromatic rings. The van der Waals surface area contributed by atoms with E-state index in [1.807, 2.05) is 12.1 Å². The normalized spacial score (nSPS) is 19.1. The Kier molecular flexibility index (Phi) is 5.66. The molecule has 38 heavy (non-hydrogen) atoms. The van der Waals surface area contributed by atoms with Crippen molar-refractivity contribution in [2.24, 2.45) is 0 Å². The number of hydrogen-bond acceptors (Lipinski definition) is 5. The van der Waals surface area contributed by atoms with Gasteiger partial charge in [-0.2, -0.15) is 5.10 Å². The number of carbonyl (C=O) groups is 4. The van der Waals surface area contributed by atoms with Gasteiger partial charge in [0, 0.05) is 31.2 Å². The van der Waals surface area contributed by atoms with Crippen LogP contribution in [0.15, 0.2) is 42.6 Å². The lowest BCUT2D eigenvalue weighted by molar-refractivity contribution is -0.136. The molecule has 2 aromatic carbocycles. The van der Waals surface area contributed by atoms with E-state index in [0.29, 0.717) is 11.6 Å². The molecule has 2 aliphatic heterocycles. The van der Waals surface area contributed by atoms with Crippen LogP contribution in [0.2, 0.25) is 0 Å². The molecule has 2 N–H and O–H groups in total. The van der Waals surface area contributed by atoms with Crippen molar-refractivity contribution in [3.8, 4) is 0 Å². The molecular formula is C27H27FN6O4. The first-order chi connectivity index (χ1) is 18.3. The van der Waals surface area contributed by atoms with E-state index in [9.17, 15) is 23.6 Å². The van der Waals surface area contributed by atoms with E-state index >= 15 is 0 Å². The Morgan fingerprint density at radius 1 is 1.13 bits per heavy atom. The van der Waals surface area contributed by atoms with Crippen molar-refractivity contribution < 1.29 is 23.6 Å². The first-order valence-electron chi connectivity index (χ1n) is 12.7. The Labute approximate surface area is 217 Å². The van der Waals surface area contributed by atoms with Gasteiger partial charge in [-0.15, -0.1) is 0 Å². The minimum atomic E-state index is -1.10. The van der Waals surface area contributed by atoms with Gasteiger partial charge in [0.15, 0.2) is 0 Å². The molecule has 0 atom stereocenters. The summed E-state index contributed by atoms with van der Waals surface area (Å²) in [6.45, 7) is 0.182. The van der Waals surface area contributed by atoms with Crippen LogP contribution < -0.4 is 10.2 Å². The molecule has 3 fully saturated rings. The summed E-state index contributed by atoms with van der Waals surface area (Å²) < 4.78 is 14.3. The average molecular weight is 519 g/mol. The molecule has 3 aliphatic rings. The molecule has 1 spiro atoms. The summed E-state index contributed by atoms with van der Waals surface area (Å²) in [5, 5.41) is 10.2. The molecule has 0 bridgehead atoms. The first-order valence-corrected chi connectivity index (χ1v) is 12.7. The summed E-state index contributed by atoms with van der Waals surface area (Å²) in [7, 11) is 1.47. The second kappa shape index (κ2) is 8.93. The Morgan fingerprint density at radius 2 is 1.89 bits per heavy atom. The second-order valence-electron chi connectivity index (χ2n) is 10.2. The SMILES string of the molecule is CN1C(=O)N(c2ccc3[nH]ncc3c2)C2(CCN(C(=O)CNC(=O)c3cc(C4CC4)ccc3F)CC2)C1=O. The number of piperidine rings is 1. The van der Waals surface area contributed by atoms with Gasteiger partial charge in [0.25, 0.3) is 11.8 Å². The number of fused-ring (bicyclic) bond motifs is 1. The third-order valence-electron chi connectivity index (χ3n) is 7.92. The van der Waals surface area contributed by atoms with Gasteiger partial charge in [-0.05, 0) is 67.5 Å². The molecule has 6 rings (SSSR count). The molecule has 196 valence electrons. The first kappa shape index (κ1) is 24.1. The van der Waals surface area contributed by atoms with Crippen molar-refractivity contribution in [3.05, 3.63) is 59.5 Å². The molecular weight excluding hydrogens is 491 g/mol. The van der Waals surface area contributed by atoms with Crippen LogP contribution in [-0.4, -0.2) is 76.0 Å². The third kappa shape index (κ3) is 3.89. The summed E-state index contributed by atoms with van der Waals surface area (Å²) in [6, 6.07) is 9.54. The van der Waals surface area contributed by atoms with Crippen molar-refractivity contribution in [1.29, 1.82) is 0 Å². The van der Waals surface area contributed by atoms with Crippen LogP contribution in [-0.2, 0) is 9.59 Å². The van der Waals surface area contributed by atoms with Crippen LogP contribution in [0.25, 0.3) is 10.9 Å². The predicted molar refractivity (Wildman–Crippen MR) is 136 cm³/mol. The molecule has 1 saturated carbocycles. The van der Waals surface area contributed by atoms with E-state index in [-0.39, 0.29) is 49.9 Å². The number of urea groups is 1. The van der Waals surface area contributed by atoms with E-state index in [1.54, 1.807) is 29.3 Å². The third-order valence-corrected chi connectivity index (χ3v) is 7.92. The smallest absolute Gasteiger partial charge is 0.331 e. The maximum absolute atomic E-state index is 14.3. The minimum absolute atomic E-state index is 0.0665. The van der Waals surface area contributed by atoms with Crippen molar-refractivity contribution in [2.45, 2.75) is 37.1 Å². The lowest BCUT2D eigenvalue weighted by Crippen LogP contribution is -2.58. The number of amides is 5. The Hall–Kier alpha value is -4.28. The molecule has 5 amide bonds. The van der Waals surface area contributed by atoms with Crippen LogP contribution in [0, 0.1) is 5.82 Å². The van der Waals surface area contributed by atoms with E-state index < -0.39 is 23.3 Å². The average Bonchev–Trinajstić information content (AvgIpc) is 3.64. The lowest BCUT2D eigenvalue weighted by Gasteiger charge is -2.42. The molecule has 0 radical (unpaired) electrons. The maximum Gasteiger partial charge on any atom is 0.331 e. The highest BCUT2D eigenvalue weighted by atomic mass is 19.1. The predicted octanol–water partition coefficient (Wildman–Crippen LogP) is 2.77. The zero-order chi connectivity index (χ0) is 26.6. The summed E-state index contributed by atoms with van der Waals surface area (Å²) >= 11 is 0. The fourth-order valence-electron chi connectivity index (χ4n) is 5.57. The van der Waals surface area contributed by atoms with Gasteiger partial charge in [-0.1, -0.05) is 6.07 Å². The number of H-pyrrole nitrogens is 1. The van der Waals surface area contributed by atoms with Crippen molar-refractivity contribution in [1.82, 2.24) is 25.3 Å². The number of nitrogens with one attached hydrogen (secondary N) is 2. The monoisotopic (exact) mass is 518 g/mol. The fraction of sp³-hybridized carbons (Fsp3) is 0.370. The molecule has 0 unspecified atom stereocenters. The second-order valence-corrected chi connectivity index (χ2v) is 10.2. The van der Waals surface area contributed by atoms with Crippen molar-refractivity contribution in [2.75, 3.05) is 31.6 Å². The van der Waals surface area contributed by atoms with E-state index in [1.165, 1.54) is 18.0 Å². The topological polar surface area (TPSA) is 119 Å². The molecule has 1 aromatic heterocycles. The van der Waals surface area contributed by atoms with Gasteiger partial charge in [0.05, 0.1) is 23.8 Å². The highest BCUT2D eigenvalue weighted by Gasteiger charge is 2.57. The summed E-state index contributed by atoms with van der Waals surface area (Å²) in [5.41, 5.74) is 1.17. The van der Waals surface area contributed by atoms with Crippen molar-refractivity contribution >= 4 is 40.3 Å². The van der Waals surface area contributed by atoms with E-state index in [2.05, 4.69) is 15.5 Å². The number of aromatic amines is 1. The van der Waals surface area contributed by atoms with Crippen LogP contribution in [0.4, 0.5) is 14.9 Å². The molecule has 11 heteroatoms. The molecule has 3 heterocycles. The molecule has 1 aliphatic carbocycles. The number of carbonyl (C=O) groups excluding carboxylic acids is 4. The summed E-state index contributed by atoms with van der Waals surface area (Å²) in [4.78, 5) is 56.2. The maximum atomic E-state index is 14.3. The number of aromatic nitrogens is 2. The number of likely N-dealkylation sites (tertiary alicyclic amines) is 1. The van der Waals surface area contributed by atoms with Crippen molar-refractivity contribution in [3.63, 3.8) is 0 Å². The van der Waals surface area contributed by atoms with Crippen LogP contribution >= 0.6 is 0 Å². The van der Waals surface area contributed by atoms with Gasteiger partial charge in [-0.25, -0.2) is 9.18 Å². The number of benzene rings is 2. The summed E-state index contributed by atoms with van der Waals surface area (Å²) in [6.07, 6.45) is 4.22. The Balaban J connectivity index is 1.14. The largest absolute Gasteiger partial charge is 0.343 e. The van der Waals surface area contributed by atoms with Gasteiger partial charge in [0.2, 0.25) is 5.91 Å². The number of likely N-dealkylation sites (N-methyl/N-ethyl adjacent to an activating group) is 1. The number of hydrogen-bond donors (Lipinski definition) is 2. The Bertz CT molecular complexity index is 1470. The standard InChI is InChI=1S/C27H27FN6O4/c1-32-25(37)27(34(26(32)38)19-5-7-22-18(12-19)14-30-31-22)8-10-33(11-9-27)23(35)15-29-24(36)20-13-17(16-2-3-16)4-6-21(20)28/h4-7,12-14,16H,2-3,8-11,15H2,1H3,(H,29,36)(H,30,31). The van der Waals surface area contributed by atoms with Gasteiger partial charge in [-0.3, -0.25) is 29.3 Å². The number of anilines is 1. The van der Waals surface area contributed by atoms with Crippen LogP contribution in [0.3, 0.4) is 0 Å². The number of nitrogens with zero attached hydrogens (tertiary/aromatic N) is 4. The minimum Gasteiger partial charge on any atom is -0.343 e. The highest BCUT2D eigenvalue weighted by Crippen LogP contribution is 2.41. The van der Waals surface area contributed by atoms with Gasteiger partial charge in [0.1, 0.15) is 11.4 Å². The number of imide groups is 1. The highest BCUT2D eigenvalue weighted by molar-refractivity contribution is 6.17. The quantitative estimate of drug-likeness (QED) is 0.504. The lowest BCUT2D eigenvalue weighted by atomic mass is 9.85. The number of halogens is 1. The molecule has 10 nitrogen and oxygen atoms in total. The van der Waals surface area contributed by atoms with Crippen LogP contribution in [0.5, 0.6) is 0 Å². The van der Waals surface area contributed by atoms with E-state index in [4.69, 9.17) is 0 Å². The van der Waals surface area contributed by atoms with Crippen LogP contribution in [0.1, 0.15) is 47.5 Å². The zero-order valence-electron chi connectivity index (χ0n) is 20.9. The van der Waals surface area contributed by atoms with Gasteiger partial charge < -0.3 is 10.2 Å². The van der Waals surface area contributed by atoms with E-state index in [0.717, 1.165) is 34.2 Å². The summed E-state index contributed by atoms with van der Waals surface area (Å²) in [5.74, 6) is -1.52.